The van der Waals surface area contributed by atoms with Crippen LogP contribution in [0.2, 0.25) is 0 Å². The van der Waals surface area contributed by atoms with Gasteiger partial charge >= 0.3 is 5.97 Å². The van der Waals surface area contributed by atoms with Crippen molar-refractivity contribution in [2.24, 2.45) is 0 Å². The van der Waals surface area contributed by atoms with E-state index in [9.17, 15) is 4.79 Å². The molecule has 1 aliphatic carbocycles. The van der Waals surface area contributed by atoms with Gasteiger partial charge in [-0.15, -0.1) is 0 Å². The molecule has 0 bridgehead atoms. The van der Waals surface area contributed by atoms with Crippen LogP contribution in [0.15, 0.2) is 23.5 Å². The summed E-state index contributed by atoms with van der Waals surface area (Å²) in [6, 6.07) is 0. The second kappa shape index (κ2) is 2.96. The van der Waals surface area contributed by atoms with Gasteiger partial charge in [0.2, 0.25) is 0 Å². The fraction of sp³-hybridized carbons (Fsp3) is 0.286. The van der Waals surface area contributed by atoms with Crippen LogP contribution in [0.5, 0.6) is 0 Å². The minimum atomic E-state index is -2.56. The molecule has 5 nitrogen and oxygen atoms in total. The van der Waals surface area contributed by atoms with Crippen LogP contribution in [-0.2, 0) is 4.79 Å². The number of carbonyl (C=O) groups is 1. The first kappa shape index (κ1) is 7.33. The number of hydrogen-bond donors (Lipinski definition) is 4. The second-order valence-electron chi connectivity index (χ2n) is 2.29. The van der Waals surface area contributed by atoms with Gasteiger partial charge in [0, 0.05) is 0 Å². The van der Waals surface area contributed by atoms with Crippen LogP contribution in [-0.4, -0.2) is 38.6 Å². The van der Waals surface area contributed by atoms with Crippen LogP contribution >= 0.6 is 0 Å². The maximum Gasteiger partial charge on any atom is 0.335 e. The van der Waals surface area contributed by atoms with Gasteiger partial charge in [0.25, 0.3) is 0 Å². The quantitative estimate of drug-likeness (QED) is 0.415. The lowest BCUT2D eigenvalue weighted by molar-refractivity contribution is -0.132. The minimum absolute atomic E-state index is 0.359. The van der Waals surface area contributed by atoms with E-state index in [1.807, 2.05) is 0 Å². The Kier molecular flexibility index (Phi) is 1.81. The molecule has 0 saturated carbocycles. The van der Waals surface area contributed by atoms with E-state index in [0.717, 1.165) is 12.2 Å². The van der Waals surface area contributed by atoms with Crippen molar-refractivity contribution in [2.45, 2.75) is 12.2 Å². The Morgan fingerprint density at radius 2 is 2.17 bits per heavy atom. The molecule has 0 aromatic rings. The number of aliphatic carboxylic acids is 1. The van der Waals surface area contributed by atoms with Crippen LogP contribution in [0.3, 0.4) is 0 Å². The van der Waals surface area contributed by atoms with Gasteiger partial charge in [0.05, 0.1) is 6.94 Å². The Balaban J connectivity index is 3.07. The molecular formula is C7H8O5. The maximum absolute atomic E-state index is 10.4. The third-order valence-corrected chi connectivity index (χ3v) is 1.42. The van der Waals surface area contributed by atoms with Crippen molar-refractivity contribution in [1.29, 1.82) is 0 Å². The normalized spacial score (nSPS) is 36.5. The van der Waals surface area contributed by atoms with Gasteiger partial charge in [0.1, 0.15) is 17.9 Å². The summed E-state index contributed by atoms with van der Waals surface area (Å²) in [5.41, 5.74) is -0.359. The Bertz CT molecular complexity index is 304. The number of carboxylic acids is 1. The molecule has 66 valence electrons. The van der Waals surface area contributed by atoms with Crippen LogP contribution in [0, 0.1) is 0 Å². The van der Waals surface area contributed by atoms with E-state index >= 15 is 0 Å². The first-order valence-electron chi connectivity index (χ1n) is 3.62. The van der Waals surface area contributed by atoms with E-state index in [0.29, 0.717) is 0 Å². The monoisotopic (exact) mass is 173 g/mol. The lowest BCUT2D eigenvalue weighted by Gasteiger charge is -2.18. The molecule has 1 aliphatic rings. The number of carboxylic acid groups (broad SMARTS) is 1. The first-order valence-corrected chi connectivity index (χ1v) is 3.12. The molecule has 0 fully saturated rings. The van der Waals surface area contributed by atoms with E-state index in [1.165, 1.54) is 0 Å². The van der Waals surface area contributed by atoms with Gasteiger partial charge in [0.15, 0.2) is 0 Å². The van der Waals surface area contributed by atoms with Gasteiger partial charge in [-0.05, 0) is 12.2 Å². The van der Waals surface area contributed by atoms with Gasteiger partial charge in [-0.3, -0.25) is 0 Å². The topological polar surface area (TPSA) is 98.0 Å². The number of rotatable bonds is 1. The predicted octanol–water partition coefficient (Wildman–Crippen LogP) is -0.825. The molecule has 0 heterocycles. The highest BCUT2D eigenvalue weighted by atomic mass is 16.4. The maximum atomic E-state index is 10.4. The smallest absolute Gasteiger partial charge is 0.335 e. The van der Waals surface area contributed by atoms with Crippen LogP contribution < -0.4 is 0 Å². The number of aliphatic hydroxyl groups is 3. The van der Waals surface area contributed by atoms with E-state index in [1.54, 1.807) is 0 Å². The highest BCUT2D eigenvalue weighted by Crippen LogP contribution is 2.16. The Labute approximate surface area is 69.3 Å². The van der Waals surface area contributed by atoms with Crippen molar-refractivity contribution in [3.05, 3.63) is 23.5 Å². The fourth-order valence-corrected chi connectivity index (χ4v) is 0.803. The molecule has 0 aliphatic heterocycles. The number of aliphatic hydroxyl groups excluding tert-OH is 2. The van der Waals surface area contributed by atoms with E-state index in [-0.39, 0.29) is 5.57 Å². The molecule has 12 heavy (non-hydrogen) atoms. The average Bonchev–Trinajstić information content (AvgIpc) is 2.00. The molecule has 0 aromatic heterocycles. The SMILES string of the molecule is [2H]C1(O)C(O)=CC(C(=O)O)=CC1O. The molecule has 2 unspecified atom stereocenters. The summed E-state index contributed by atoms with van der Waals surface area (Å²) in [6.07, 6.45) is -2.79. The Morgan fingerprint density at radius 1 is 1.58 bits per heavy atom. The molecule has 2 atom stereocenters. The van der Waals surface area contributed by atoms with Crippen LogP contribution in [0.4, 0.5) is 0 Å². The Morgan fingerprint density at radius 3 is 2.58 bits per heavy atom. The third-order valence-electron chi connectivity index (χ3n) is 1.42. The van der Waals surface area contributed by atoms with E-state index in [2.05, 4.69) is 0 Å². The molecule has 0 saturated heterocycles. The minimum Gasteiger partial charge on any atom is -0.509 e. The van der Waals surface area contributed by atoms with Crippen molar-refractivity contribution in [2.75, 3.05) is 0 Å². The summed E-state index contributed by atoms with van der Waals surface area (Å²) in [5, 5.41) is 35.6. The zero-order chi connectivity index (χ0) is 10.2. The second-order valence-corrected chi connectivity index (χ2v) is 2.29. The van der Waals surface area contributed by atoms with Gasteiger partial charge in [-0.1, -0.05) is 0 Å². The molecule has 4 N–H and O–H groups in total. The van der Waals surface area contributed by atoms with Crippen LogP contribution in [0.25, 0.3) is 0 Å². The van der Waals surface area contributed by atoms with E-state index < -0.39 is 23.9 Å². The zero-order valence-electron chi connectivity index (χ0n) is 6.93. The predicted molar refractivity (Wildman–Crippen MR) is 38.4 cm³/mol. The highest BCUT2D eigenvalue weighted by Gasteiger charge is 2.25. The first-order chi connectivity index (χ1) is 5.85. The van der Waals surface area contributed by atoms with Crippen molar-refractivity contribution >= 4 is 5.97 Å². The fourth-order valence-electron chi connectivity index (χ4n) is 0.803. The summed E-state index contributed by atoms with van der Waals surface area (Å²) in [6.45, 7) is 0. The summed E-state index contributed by atoms with van der Waals surface area (Å²) >= 11 is 0. The third kappa shape index (κ3) is 1.46. The summed E-state index contributed by atoms with van der Waals surface area (Å²) in [4.78, 5) is 10.4. The average molecular weight is 173 g/mol. The number of hydrogen-bond acceptors (Lipinski definition) is 4. The largest absolute Gasteiger partial charge is 0.509 e. The van der Waals surface area contributed by atoms with Gasteiger partial charge in [-0.25, -0.2) is 4.79 Å². The lowest BCUT2D eigenvalue weighted by atomic mass is 10.0. The van der Waals surface area contributed by atoms with Crippen LogP contribution in [0.1, 0.15) is 1.37 Å². The molecule has 5 heteroatoms. The molecule has 0 radical (unpaired) electrons. The standard InChI is InChI=1S/C7H8O5/c8-4-1-3(7(11)12)2-5(9)6(4)10/h1-2,4,6,8-10H,(H,11,12)/i6D. The molecule has 0 spiro atoms. The van der Waals surface area contributed by atoms with Crippen molar-refractivity contribution < 1.29 is 26.6 Å². The Hall–Kier alpha value is -1.33. The molecule has 0 aromatic carbocycles. The lowest BCUT2D eigenvalue weighted by Crippen LogP contribution is -2.29. The zero-order valence-corrected chi connectivity index (χ0v) is 5.93. The summed E-state index contributed by atoms with van der Waals surface area (Å²) in [7, 11) is 0. The van der Waals surface area contributed by atoms with E-state index in [4.69, 9.17) is 21.8 Å². The molecular weight excluding hydrogens is 164 g/mol. The van der Waals surface area contributed by atoms with Crippen molar-refractivity contribution in [3.8, 4) is 0 Å². The van der Waals surface area contributed by atoms with Crippen molar-refractivity contribution in [1.82, 2.24) is 0 Å². The van der Waals surface area contributed by atoms with Gasteiger partial charge < -0.3 is 20.4 Å². The summed E-state index contributed by atoms with van der Waals surface area (Å²) in [5.74, 6) is -2.24. The summed E-state index contributed by atoms with van der Waals surface area (Å²) < 4.78 is 7.02. The van der Waals surface area contributed by atoms with Gasteiger partial charge in [-0.2, -0.15) is 0 Å². The molecule has 1 rings (SSSR count). The molecule has 0 amide bonds. The van der Waals surface area contributed by atoms with Crippen molar-refractivity contribution in [3.63, 3.8) is 0 Å². The highest BCUT2D eigenvalue weighted by molar-refractivity contribution is 5.90.